The molecule has 3 heteroatoms. The summed E-state index contributed by atoms with van der Waals surface area (Å²) in [5.41, 5.74) is 21.5. The predicted octanol–water partition coefficient (Wildman–Crippen LogP) is 15.7. The largest absolute Gasteiger partial charge is 0.349 e. The van der Waals surface area contributed by atoms with Crippen LogP contribution in [0.4, 0.5) is 0 Å². The summed E-state index contributed by atoms with van der Waals surface area (Å²) in [6.07, 6.45) is 13.1. The predicted molar refractivity (Wildman–Crippen MR) is 280 cm³/mol. The molecular weight excluding hydrogens is 799 g/mol. The lowest BCUT2D eigenvalue weighted by atomic mass is 9.88. The molecule has 0 radical (unpaired) electrons. The molecule has 0 saturated heterocycles. The maximum absolute atomic E-state index is 5.28. The Hall–Kier alpha value is -7.88. The zero-order valence-corrected chi connectivity index (χ0v) is 38.0. The van der Waals surface area contributed by atoms with Crippen LogP contribution in [-0.4, -0.2) is 23.5 Å². The quantitative estimate of drug-likeness (QED) is 0.0941. The van der Waals surface area contributed by atoms with Crippen LogP contribution in [0.25, 0.3) is 50.3 Å². The van der Waals surface area contributed by atoms with Crippen LogP contribution >= 0.6 is 0 Å². The Kier molecular flexibility index (Phi) is 11.7. The molecule has 320 valence electrons. The molecule has 0 amide bonds. The van der Waals surface area contributed by atoms with Crippen molar-refractivity contribution in [2.24, 2.45) is 15.9 Å². The third kappa shape index (κ3) is 8.44. The van der Waals surface area contributed by atoms with E-state index in [1.54, 1.807) is 0 Å². The molecule has 7 aromatic rings. The molecule has 1 heterocycles. The van der Waals surface area contributed by atoms with Crippen molar-refractivity contribution in [1.29, 1.82) is 0 Å². The van der Waals surface area contributed by atoms with E-state index < -0.39 is 0 Å². The summed E-state index contributed by atoms with van der Waals surface area (Å²) in [5, 5.41) is 0. The number of benzene rings is 7. The average Bonchev–Trinajstić information content (AvgIpc) is 3.76. The lowest BCUT2D eigenvalue weighted by molar-refractivity contribution is 0.435. The summed E-state index contributed by atoms with van der Waals surface area (Å²) >= 11 is 0. The molecule has 0 spiro atoms. The van der Waals surface area contributed by atoms with Gasteiger partial charge < -0.3 is 4.90 Å². The van der Waals surface area contributed by atoms with Gasteiger partial charge in [0.2, 0.25) is 0 Å². The van der Waals surface area contributed by atoms with Crippen molar-refractivity contribution < 1.29 is 0 Å². The van der Waals surface area contributed by atoms with Crippen molar-refractivity contribution in [3.8, 4) is 33.4 Å². The van der Waals surface area contributed by atoms with Crippen LogP contribution in [0.2, 0.25) is 0 Å². The fourth-order valence-electron chi connectivity index (χ4n) is 9.55. The second-order valence-electron chi connectivity index (χ2n) is 17.7. The molecule has 2 atom stereocenters. The molecule has 3 nitrogen and oxygen atoms in total. The van der Waals surface area contributed by atoms with Crippen LogP contribution in [-0.2, 0) is 6.42 Å². The molecule has 0 bridgehead atoms. The van der Waals surface area contributed by atoms with Crippen molar-refractivity contribution in [2.45, 2.75) is 32.7 Å². The molecule has 0 N–H and O–H groups in total. The van der Waals surface area contributed by atoms with E-state index in [9.17, 15) is 0 Å². The number of hydrogen-bond donors (Lipinski definition) is 0. The smallest absolute Gasteiger partial charge is 0.137 e. The van der Waals surface area contributed by atoms with Gasteiger partial charge in [-0.25, -0.2) is 9.98 Å². The molecule has 0 fully saturated rings. The van der Waals surface area contributed by atoms with E-state index >= 15 is 0 Å². The SMILES string of the molecule is C=C(C)/C(=C\C(=NC(=C)c1ccccc1)C1=CC[C@@H](C)C=C1)c1ccc(-c2ccc(-c3ccc(C4=NC(c5ccccc5)=CC(c5ccccc5)N4C)cc3)c3c2-c2ccccc2C3)cc1. The maximum atomic E-state index is 5.28. The Labute approximate surface area is 390 Å². The number of hydrogen-bond acceptors (Lipinski definition) is 3. The number of aliphatic imine (C=N–C) groups is 2. The van der Waals surface area contributed by atoms with Crippen LogP contribution in [0.15, 0.2) is 241 Å². The number of allylic oxidation sites excluding steroid dienone is 7. The second kappa shape index (κ2) is 18.3. The first-order valence-electron chi connectivity index (χ1n) is 23.0. The standard InChI is InChI=1S/C63H53N3/c1-42(2)57(40-59(50-27-25-43(3)26-28-50)64-44(4)45-17-9-6-10-18-45)48-31-29-47(30-32-48)56-38-37-54(58-39-53-23-15-16-24-55(53)62(56)58)46-33-35-52(36-34-46)63-65-60(49-19-11-7-12-20-49)41-61(66(63)5)51-21-13-8-14-22-51/h6-25,27-38,40-41,43,61H,1,4,26,39H2,2-3,5H3/b57-40+,64-59?/t43-,61?/m0/s1. The highest BCUT2D eigenvalue weighted by atomic mass is 15.2. The van der Waals surface area contributed by atoms with E-state index in [2.05, 4.69) is 227 Å². The van der Waals surface area contributed by atoms with Gasteiger partial charge in [-0.05, 0) is 116 Å². The molecular formula is C63H53N3. The number of amidine groups is 1. The molecule has 10 rings (SSSR count). The van der Waals surface area contributed by atoms with Gasteiger partial charge in [0.15, 0.2) is 0 Å². The zero-order valence-electron chi connectivity index (χ0n) is 38.0. The normalized spacial score (nSPS) is 16.8. The van der Waals surface area contributed by atoms with Crippen molar-refractivity contribution >= 4 is 28.5 Å². The molecule has 1 aliphatic heterocycles. The fourth-order valence-corrected chi connectivity index (χ4v) is 9.55. The summed E-state index contributed by atoms with van der Waals surface area (Å²) in [7, 11) is 2.15. The van der Waals surface area contributed by atoms with E-state index in [0.29, 0.717) is 5.92 Å². The van der Waals surface area contributed by atoms with E-state index in [0.717, 1.165) is 74.8 Å². The van der Waals surface area contributed by atoms with E-state index in [4.69, 9.17) is 9.98 Å². The van der Waals surface area contributed by atoms with Gasteiger partial charge >= 0.3 is 0 Å². The summed E-state index contributed by atoms with van der Waals surface area (Å²) in [4.78, 5) is 12.7. The van der Waals surface area contributed by atoms with Crippen molar-refractivity contribution in [3.05, 3.63) is 270 Å². The molecule has 7 aromatic carbocycles. The summed E-state index contributed by atoms with van der Waals surface area (Å²) in [6, 6.07) is 63.0. The average molecular weight is 852 g/mol. The highest BCUT2D eigenvalue weighted by molar-refractivity contribution is 6.16. The number of nitrogens with zero attached hydrogens (tertiary/aromatic N) is 3. The van der Waals surface area contributed by atoms with Crippen LogP contribution in [0.5, 0.6) is 0 Å². The van der Waals surface area contributed by atoms with E-state index in [-0.39, 0.29) is 6.04 Å². The summed E-state index contributed by atoms with van der Waals surface area (Å²) in [5.74, 6) is 1.45. The van der Waals surface area contributed by atoms with Crippen molar-refractivity contribution in [1.82, 2.24) is 4.90 Å². The first kappa shape index (κ1) is 42.1. The van der Waals surface area contributed by atoms with Crippen molar-refractivity contribution in [3.63, 3.8) is 0 Å². The van der Waals surface area contributed by atoms with Crippen LogP contribution in [0.3, 0.4) is 0 Å². The van der Waals surface area contributed by atoms with Crippen LogP contribution in [0, 0.1) is 5.92 Å². The second-order valence-corrected chi connectivity index (χ2v) is 17.7. The third-order valence-corrected chi connectivity index (χ3v) is 13.1. The van der Waals surface area contributed by atoms with E-state index in [1.165, 1.54) is 50.1 Å². The fraction of sp³-hybridized carbons (Fsp3) is 0.111. The number of likely N-dealkylation sites (N-methyl/N-ethyl adjacent to an activating group) is 1. The van der Waals surface area contributed by atoms with E-state index in [1.807, 2.05) is 18.2 Å². The number of rotatable bonds is 11. The Bertz CT molecular complexity index is 3160. The summed E-state index contributed by atoms with van der Waals surface area (Å²) < 4.78 is 0. The molecule has 2 aliphatic carbocycles. The molecule has 3 aliphatic rings. The van der Waals surface area contributed by atoms with Gasteiger partial charge in [0, 0.05) is 12.6 Å². The topological polar surface area (TPSA) is 28.0 Å². The Morgan fingerprint density at radius 3 is 1.97 bits per heavy atom. The van der Waals surface area contributed by atoms with Crippen LogP contribution < -0.4 is 0 Å². The zero-order chi connectivity index (χ0) is 45.1. The number of fused-ring (bicyclic) bond motifs is 3. The Morgan fingerprint density at radius 1 is 0.652 bits per heavy atom. The van der Waals surface area contributed by atoms with Crippen LogP contribution in [0.1, 0.15) is 65.3 Å². The lowest BCUT2D eigenvalue weighted by Crippen LogP contribution is -2.33. The van der Waals surface area contributed by atoms with Crippen molar-refractivity contribution in [2.75, 3.05) is 7.05 Å². The monoisotopic (exact) mass is 851 g/mol. The third-order valence-electron chi connectivity index (χ3n) is 13.1. The summed E-state index contributed by atoms with van der Waals surface area (Å²) in [6.45, 7) is 13.1. The van der Waals surface area contributed by atoms with Gasteiger partial charge in [0.25, 0.3) is 0 Å². The van der Waals surface area contributed by atoms with Gasteiger partial charge in [-0.1, -0.05) is 220 Å². The highest BCUT2D eigenvalue weighted by Crippen LogP contribution is 2.47. The Balaban J connectivity index is 0.991. The Morgan fingerprint density at radius 2 is 1.27 bits per heavy atom. The molecule has 1 unspecified atom stereocenters. The van der Waals surface area contributed by atoms with Gasteiger partial charge in [-0.3, -0.25) is 0 Å². The molecule has 0 saturated carbocycles. The minimum atomic E-state index is 0.0534. The first-order valence-corrected chi connectivity index (χ1v) is 23.0. The minimum Gasteiger partial charge on any atom is -0.349 e. The van der Waals surface area contributed by atoms with Gasteiger partial charge in [0.1, 0.15) is 5.84 Å². The molecule has 66 heavy (non-hydrogen) atoms. The van der Waals surface area contributed by atoms with Gasteiger partial charge in [-0.15, -0.1) is 0 Å². The van der Waals surface area contributed by atoms with Gasteiger partial charge in [0.05, 0.1) is 23.1 Å². The highest BCUT2D eigenvalue weighted by Gasteiger charge is 2.28. The first-order chi connectivity index (χ1) is 32.3. The molecule has 0 aromatic heterocycles. The van der Waals surface area contributed by atoms with Gasteiger partial charge in [-0.2, -0.15) is 0 Å². The minimum absolute atomic E-state index is 0.0534. The lowest BCUT2D eigenvalue weighted by Gasteiger charge is -2.33. The maximum Gasteiger partial charge on any atom is 0.137 e.